The standard InChI is InChI=1S/C28H27N3O4/c32-26(29-17-22-5-1-2-6-23(22)19-30-13-15-35-16-14-30)21-11-9-20(10-12-21)18-31-27(33)24-7-3-4-8-25(24)28(31)34/h1-12H,13-19H2,(H,29,32). The van der Waals surface area contributed by atoms with Gasteiger partial charge in [0.1, 0.15) is 0 Å². The number of rotatable bonds is 7. The zero-order valence-electron chi connectivity index (χ0n) is 19.4. The van der Waals surface area contributed by atoms with Crippen molar-refractivity contribution in [1.82, 2.24) is 15.1 Å². The Balaban J connectivity index is 1.19. The van der Waals surface area contributed by atoms with E-state index in [9.17, 15) is 14.4 Å². The molecule has 7 nitrogen and oxygen atoms in total. The minimum atomic E-state index is -0.289. The number of benzene rings is 3. The van der Waals surface area contributed by atoms with Crippen molar-refractivity contribution in [3.8, 4) is 0 Å². The van der Waals surface area contributed by atoms with E-state index in [2.05, 4.69) is 16.3 Å². The van der Waals surface area contributed by atoms with Gasteiger partial charge in [0, 0.05) is 31.7 Å². The van der Waals surface area contributed by atoms with E-state index in [4.69, 9.17) is 4.74 Å². The lowest BCUT2D eigenvalue weighted by Crippen LogP contribution is -2.36. The van der Waals surface area contributed by atoms with E-state index in [1.165, 1.54) is 10.5 Å². The minimum absolute atomic E-state index is 0.168. The normalized spacial score (nSPS) is 15.8. The molecule has 2 aliphatic heterocycles. The maximum Gasteiger partial charge on any atom is 0.261 e. The number of imide groups is 1. The third-order valence-corrected chi connectivity index (χ3v) is 6.49. The fourth-order valence-corrected chi connectivity index (χ4v) is 4.49. The third kappa shape index (κ3) is 5.01. The maximum absolute atomic E-state index is 12.8. The van der Waals surface area contributed by atoms with E-state index in [-0.39, 0.29) is 24.3 Å². The molecule has 0 aliphatic carbocycles. The number of carbonyl (C=O) groups is 3. The van der Waals surface area contributed by atoms with Gasteiger partial charge in [-0.15, -0.1) is 0 Å². The molecule has 3 aromatic rings. The molecule has 3 aromatic carbocycles. The van der Waals surface area contributed by atoms with Crippen molar-refractivity contribution in [3.05, 3.63) is 106 Å². The van der Waals surface area contributed by atoms with E-state index < -0.39 is 0 Å². The number of fused-ring (bicyclic) bond motifs is 1. The molecular formula is C28H27N3O4. The first-order valence-electron chi connectivity index (χ1n) is 11.8. The Labute approximate surface area is 204 Å². The summed E-state index contributed by atoms with van der Waals surface area (Å²) in [7, 11) is 0. The van der Waals surface area contributed by atoms with Crippen molar-refractivity contribution >= 4 is 17.7 Å². The highest BCUT2D eigenvalue weighted by Crippen LogP contribution is 2.24. The van der Waals surface area contributed by atoms with Crippen molar-refractivity contribution in [3.63, 3.8) is 0 Å². The molecule has 0 unspecified atom stereocenters. The lowest BCUT2D eigenvalue weighted by Gasteiger charge is -2.27. The number of ether oxygens (including phenoxy) is 1. The summed E-state index contributed by atoms with van der Waals surface area (Å²) in [6.07, 6.45) is 0. The molecule has 7 heteroatoms. The summed E-state index contributed by atoms with van der Waals surface area (Å²) in [4.78, 5) is 41.6. The van der Waals surface area contributed by atoms with Crippen LogP contribution in [-0.4, -0.2) is 53.8 Å². The number of amides is 3. The predicted molar refractivity (Wildman–Crippen MR) is 131 cm³/mol. The van der Waals surface area contributed by atoms with Crippen LogP contribution in [0.1, 0.15) is 47.8 Å². The van der Waals surface area contributed by atoms with Crippen LogP contribution in [0.25, 0.3) is 0 Å². The quantitative estimate of drug-likeness (QED) is 0.538. The third-order valence-electron chi connectivity index (χ3n) is 6.49. The Bertz CT molecular complexity index is 1210. The Morgan fingerprint density at radius 2 is 1.37 bits per heavy atom. The van der Waals surface area contributed by atoms with Gasteiger partial charge in [-0.2, -0.15) is 0 Å². The molecule has 35 heavy (non-hydrogen) atoms. The second kappa shape index (κ2) is 10.2. The molecule has 0 aromatic heterocycles. The molecule has 2 aliphatic rings. The molecule has 0 bridgehead atoms. The van der Waals surface area contributed by atoms with Crippen LogP contribution < -0.4 is 5.32 Å². The van der Waals surface area contributed by atoms with Crippen LogP contribution in [-0.2, 0) is 24.4 Å². The summed E-state index contributed by atoms with van der Waals surface area (Å²) in [5.41, 5.74) is 4.47. The van der Waals surface area contributed by atoms with Crippen molar-refractivity contribution in [1.29, 1.82) is 0 Å². The summed E-state index contributed by atoms with van der Waals surface area (Å²) >= 11 is 0. The smallest absolute Gasteiger partial charge is 0.261 e. The predicted octanol–water partition coefficient (Wildman–Crippen LogP) is 3.25. The lowest BCUT2D eigenvalue weighted by molar-refractivity contribution is 0.0340. The minimum Gasteiger partial charge on any atom is -0.379 e. The Morgan fingerprint density at radius 1 is 0.771 bits per heavy atom. The highest BCUT2D eigenvalue weighted by Gasteiger charge is 2.34. The topological polar surface area (TPSA) is 79.0 Å². The SMILES string of the molecule is O=C(NCc1ccccc1CN1CCOCC1)c1ccc(CN2C(=O)c3ccccc3C2=O)cc1. The molecule has 1 saturated heterocycles. The van der Waals surface area contributed by atoms with Gasteiger partial charge in [-0.3, -0.25) is 24.2 Å². The molecular weight excluding hydrogens is 442 g/mol. The monoisotopic (exact) mass is 469 g/mol. The molecule has 0 spiro atoms. The first kappa shape index (κ1) is 23.0. The van der Waals surface area contributed by atoms with Crippen LogP contribution in [0, 0.1) is 0 Å². The van der Waals surface area contributed by atoms with Gasteiger partial charge in [0.2, 0.25) is 0 Å². The number of nitrogens with one attached hydrogen (secondary N) is 1. The van der Waals surface area contributed by atoms with E-state index in [0.717, 1.165) is 44.0 Å². The summed E-state index contributed by atoms with van der Waals surface area (Å²) in [6, 6.07) is 22.0. The van der Waals surface area contributed by atoms with Crippen LogP contribution >= 0.6 is 0 Å². The first-order valence-corrected chi connectivity index (χ1v) is 11.8. The van der Waals surface area contributed by atoms with Gasteiger partial charge in [-0.1, -0.05) is 48.5 Å². The van der Waals surface area contributed by atoms with Crippen LogP contribution in [0.15, 0.2) is 72.8 Å². The molecule has 2 heterocycles. The van der Waals surface area contributed by atoms with Gasteiger partial charge in [-0.05, 0) is 41.0 Å². The fourth-order valence-electron chi connectivity index (χ4n) is 4.49. The largest absolute Gasteiger partial charge is 0.379 e. The Hall–Kier alpha value is -3.81. The number of hydrogen-bond donors (Lipinski definition) is 1. The number of hydrogen-bond acceptors (Lipinski definition) is 5. The maximum atomic E-state index is 12.8. The number of morpholine rings is 1. The zero-order valence-corrected chi connectivity index (χ0v) is 19.4. The van der Waals surface area contributed by atoms with Crippen molar-refractivity contribution < 1.29 is 19.1 Å². The molecule has 3 amide bonds. The zero-order chi connectivity index (χ0) is 24.2. The highest BCUT2D eigenvalue weighted by molar-refractivity contribution is 6.21. The second-order valence-corrected chi connectivity index (χ2v) is 8.78. The molecule has 1 fully saturated rings. The van der Waals surface area contributed by atoms with Crippen molar-refractivity contribution in [2.75, 3.05) is 26.3 Å². The van der Waals surface area contributed by atoms with Gasteiger partial charge in [0.25, 0.3) is 17.7 Å². The van der Waals surface area contributed by atoms with Crippen LogP contribution in [0.4, 0.5) is 0 Å². The highest BCUT2D eigenvalue weighted by atomic mass is 16.5. The van der Waals surface area contributed by atoms with Crippen LogP contribution in [0.2, 0.25) is 0 Å². The van der Waals surface area contributed by atoms with Gasteiger partial charge in [0.05, 0.1) is 30.9 Å². The van der Waals surface area contributed by atoms with Gasteiger partial charge in [-0.25, -0.2) is 0 Å². The van der Waals surface area contributed by atoms with Crippen molar-refractivity contribution in [2.45, 2.75) is 19.6 Å². The molecule has 178 valence electrons. The Kier molecular flexibility index (Phi) is 6.70. The molecule has 0 radical (unpaired) electrons. The summed E-state index contributed by atoms with van der Waals surface area (Å²) in [6.45, 7) is 4.77. The lowest BCUT2D eigenvalue weighted by atomic mass is 10.1. The van der Waals surface area contributed by atoms with E-state index in [0.29, 0.717) is 23.2 Å². The summed E-state index contributed by atoms with van der Waals surface area (Å²) < 4.78 is 5.43. The van der Waals surface area contributed by atoms with Crippen LogP contribution in [0.3, 0.4) is 0 Å². The van der Waals surface area contributed by atoms with Gasteiger partial charge in [0.15, 0.2) is 0 Å². The number of nitrogens with zero attached hydrogens (tertiary/aromatic N) is 2. The van der Waals surface area contributed by atoms with Crippen molar-refractivity contribution in [2.24, 2.45) is 0 Å². The van der Waals surface area contributed by atoms with E-state index >= 15 is 0 Å². The molecule has 0 saturated carbocycles. The van der Waals surface area contributed by atoms with Crippen LogP contribution in [0.5, 0.6) is 0 Å². The van der Waals surface area contributed by atoms with Gasteiger partial charge < -0.3 is 10.1 Å². The first-order chi connectivity index (χ1) is 17.1. The fraction of sp³-hybridized carbons (Fsp3) is 0.250. The summed E-state index contributed by atoms with van der Waals surface area (Å²) in [5, 5.41) is 3.01. The molecule has 1 N–H and O–H groups in total. The summed E-state index contributed by atoms with van der Waals surface area (Å²) in [5.74, 6) is -0.746. The number of carbonyl (C=O) groups excluding carboxylic acids is 3. The van der Waals surface area contributed by atoms with Gasteiger partial charge >= 0.3 is 0 Å². The van der Waals surface area contributed by atoms with E-state index in [1.807, 2.05) is 18.2 Å². The average molecular weight is 470 g/mol. The second-order valence-electron chi connectivity index (χ2n) is 8.78. The molecule has 5 rings (SSSR count). The Morgan fingerprint density at radius 3 is 2.03 bits per heavy atom. The van der Waals surface area contributed by atoms with E-state index in [1.54, 1.807) is 48.5 Å². The molecule has 0 atom stereocenters. The average Bonchev–Trinajstić information content (AvgIpc) is 3.14.